The Bertz CT molecular complexity index is 1970. The molecule has 4 fully saturated rings. The van der Waals surface area contributed by atoms with Gasteiger partial charge < -0.3 is 53.0 Å². The van der Waals surface area contributed by atoms with Gasteiger partial charge in [-0.15, -0.1) is 0 Å². The molecule has 21 heteroatoms. The number of aliphatic hydroxyl groups excluding tert-OH is 1. The van der Waals surface area contributed by atoms with Gasteiger partial charge >= 0.3 is 18.2 Å². The quantitative estimate of drug-likeness (QED) is 0.0815. The summed E-state index contributed by atoms with van der Waals surface area (Å²) in [4.78, 5) is 67.1. The van der Waals surface area contributed by atoms with E-state index in [1.807, 2.05) is 72.5 Å². The summed E-state index contributed by atoms with van der Waals surface area (Å²) < 4.78 is 49.7. The van der Waals surface area contributed by atoms with E-state index < -0.39 is 113 Å². The van der Waals surface area contributed by atoms with Crippen molar-refractivity contribution in [3.63, 3.8) is 0 Å². The van der Waals surface area contributed by atoms with Crippen molar-refractivity contribution in [3.8, 4) is 0 Å². The van der Waals surface area contributed by atoms with Crippen molar-refractivity contribution in [1.29, 1.82) is 0 Å². The molecule has 0 saturated carbocycles. The first-order valence-electron chi connectivity index (χ1n) is 23.9. The number of likely N-dealkylation sites (N-methyl/N-ethyl adjacent to an activating group) is 2. The largest absolute Gasteiger partial charge is 0.509 e. The third kappa shape index (κ3) is 13.9. The molecule has 388 valence electrons. The molecule has 4 heterocycles. The number of fused-ring (bicyclic) bond motifs is 1. The zero-order valence-corrected chi connectivity index (χ0v) is 42.2. The smallest absolute Gasteiger partial charge is 0.458 e. The number of ether oxygens (including phenoxy) is 8. The molecule has 0 spiro atoms. The molecular weight excluding hydrogens is 903 g/mol. The Hall–Kier alpha value is -4.48. The van der Waals surface area contributed by atoms with Gasteiger partial charge in [0.05, 0.1) is 40.9 Å². The monoisotopic (exact) mass is 978 g/mol. The van der Waals surface area contributed by atoms with Crippen LogP contribution in [0.25, 0.3) is 6.08 Å². The first-order valence-corrected chi connectivity index (χ1v) is 23.9. The highest BCUT2D eigenvalue weighted by Gasteiger charge is 2.53. The average Bonchev–Trinajstić information content (AvgIpc) is 3.66. The number of amides is 2. The number of hydrogen-bond acceptors (Lipinski definition) is 18. The summed E-state index contributed by atoms with van der Waals surface area (Å²) in [5.74, 6) is -3.41. The third-order valence-electron chi connectivity index (χ3n) is 14.0. The van der Waals surface area contributed by atoms with E-state index in [9.17, 15) is 39.5 Å². The molecule has 17 atom stereocenters. The van der Waals surface area contributed by atoms with Crippen molar-refractivity contribution >= 4 is 35.9 Å². The zero-order chi connectivity index (χ0) is 51.3. The molecule has 0 aromatic heterocycles. The molecule has 2 amide bonds. The topological polar surface area (TPSA) is 256 Å². The maximum atomic E-state index is 14.6. The van der Waals surface area contributed by atoms with Crippen molar-refractivity contribution in [3.05, 3.63) is 46.0 Å². The van der Waals surface area contributed by atoms with Crippen LogP contribution >= 0.6 is 0 Å². The number of carbonyl (C=O) groups is 4. The molecule has 4 aliphatic heterocycles. The lowest BCUT2D eigenvalue weighted by Gasteiger charge is -2.49. The lowest BCUT2D eigenvalue weighted by molar-refractivity contribution is -0.384. The molecule has 69 heavy (non-hydrogen) atoms. The summed E-state index contributed by atoms with van der Waals surface area (Å²) in [5.41, 5.74) is 2.47. The minimum absolute atomic E-state index is 0.0983. The fourth-order valence-electron chi connectivity index (χ4n) is 10.3. The molecule has 4 aliphatic rings. The highest BCUT2D eigenvalue weighted by Crippen LogP contribution is 2.42. The van der Waals surface area contributed by atoms with E-state index in [1.54, 1.807) is 27.7 Å². The molecule has 0 radical (unpaired) electrons. The van der Waals surface area contributed by atoms with Crippen molar-refractivity contribution in [2.75, 3.05) is 27.7 Å². The first kappa shape index (κ1) is 55.4. The van der Waals surface area contributed by atoms with Crippen LogP contribution in [0.2, 0.25) is 0 Å². The molecule has 0 aliphatic carbocycles. The zero-order valence-electron chi connectivity index (χ0n) is 42.2. The number of hydrogen-bond donors (Lipinski definition) is 4. The number of benzene rings is 1. The van der Waals surface area contributed by atoms with E-state index in [0.29, 0.717) is 24.9 Å². The Morgan fingerprint density at radius 1 is 0.957 bits per heavy atom. The number of nitro benzene ring substituents is 1. The number of esters is 1. The molecule has 5 rings (SSSR count). The van der Waals surface area contributed by atoms with Crippen molar-refractivity contribution in [2.24, 2.45) is 23.2 Å². The van der Waals surface area contributed by atoms with Gasteiger partial charge in [0.2, 0.25) is 0 Å². The molecule has 0 unspecified atom stereocenters. The van der Waals surface area contributed by atoms with E-state index in [4.69, 9.17) is 37.9 Å². The maximum Gasteiger partial charge on any atom is 0.509 e. The van der Waals surface area contributed by atoms with Crippen LogP contribution in [0.1, 0.15) is 100 Å². The van der Waals surface area contributed by atoms with Crippen LogP contribution in [-0.2, 0) is 47.5 Å². The second-order valence-electron chi connectivity index (χ2n) is 20.6. The van der Waals surface area contributed by atoms with Gasteiger partial charge in [-0.25, -0.2) is 15.0 Å². The van der Waals surface area contributed by atoms with E-state index in [2.05, 4.69) is 10.9 Å². The fraction of sp³-hybridized carbons (Fsp3) is 0.750. The Balaban J connectivity index is 1.41. The molecular formula is C48H75N5O16. The third-order valence-corrected chi connectivity index (χ3v) is 14.0. The second kappa shape index (κ2) is 23.2. The molecule has 21 nitrogen and oxygen atoms in total. The Morgan fingerprint density at radius 3 is 2.22 bits per heavy atom. The number of rotatable bonds is 10. The maximum absolute atomic E-state index is 14.6. The average molecular weight is 978 g/mol. The van der Waals surface area contributed by atoms with Gasteiger partial charge in [-0.2, -0.15) is 0 Å². The van der Waals surface area contributed by atoms with Gasteiger partial charge in [-0.05, 0) is 105 Å². The van der Waals surface area contributed by atoms with Gasteiger partial charge in [0.15, 0.2) is 24.8 Å². The summed E-state index contributed by atoms with van der Waals surface area (Å²) in [7, 11) is 5.62. The fourth-order valence-corrected chi connectivity index (χ4v) is 10.3. The lowest BCUT2D eigenvalue weighted by atomic mass is 9.77. The number of aliphatic hydroxyl groups is 2. The summed E-state index contributed by atoms with van der Waals surface area (Å²) in [6.07, 6.45) is -8.06. The van der Waals surface area contributed by atoms with Crippen LogP contribution < -0.4 is 10.9 Å². The molecule has 4 N–H and O–H groups in total. The van der Waals surface area contributed by atoms with Gasteiger partial charge in [0.25, 0.3) is 11.6 Å². The highest BCUT2D eigenvalue weighted by molar-refractivity contribution is 5.92. The van der Waals surface area contributed by atoms with Crippen molar-refractivity contribution in [1.82, 2.24) is 20.7 Å². The van der Waals surface area contributed by atoms with Gasteiger partial charge in [-0.1, -0.05) is 34.6 Å². The predicted octanol–water partition coefficient (Wildman–Crippen LogP) is 4.70. The lowest BCUT2D eigenvalue weighted by Crippen LogP contribution is -2.60. The molecule has 1 aromatic rings. The Labute approximate surface area is 404 Å². The SMILES string of the molecule is CC[C@H]1OC(=O)[C@H](C)[C@@H](O[C@H]2CC(C)(C)[C@@H](OC(=O)NNC(=O)/C=C/c3ccc([N+](=O)[O-])cc3)[C@H](C)O2)[C@H](C)[C@@H](O[C@@H]2O[C@H](C)C[C@H](N(C)C)[C@H]2O)[C@@](C)(O)C[C@@H](C)CN(C)[C@H](C)[C@H]2OC(=O)O[C@H]21. The summed E-state index contributed by atoms with van der Waals surface area (Å²) in [6, 6.07) is 4.86. The van der Waals surface area contributed by atoms with Crippen molar-refractivity contribution < 1.29 is 72.2 Å². The van der Waals surface area contributed by atoms with Crippen LogP contribution in [0.4, 0.5) is 15.3 Å². The number of carbonyl (C=O) groups excluding carboxylic acids is 4. The molecule has 1 aromatic carbocycles. The van der Waals surface area contributed by atoms with Crippen LogP contribution in [-0.4, -0.2) is 162 Å². The predicted molar refractivity (Wildman–Crippen MR) is 249 cm³/mol. The van der Waals surface area contributed by atoms with E-state index in [1.165, 1.54) is 30.3 Å². The van der Waals surface area contributed by atoms with Crippen LogP contribution in [0.3, 0.4) is 0 Å². The van der Waals surface area contributed by atoms with E-state index >= 15 is 0 Å². The van der Waals surface area contributed by atoms with E-state index in [-0.39, 0.29) is 42.6 Å². The van der Waals surface area contributed by atoms with Gasteiger partial charge in [0, 0.05) is 54.6 Å². The molecule has 4 saturated heterocycles. The number of nitro groups is 1. The number of cyclic esters (lactones) is 1. The summed E-state index contributed by atoms with van der Waals surface area (Å²) in [6.45, 7) is 18.6. The summed E-state index contributed by atoms with van der Waals surface area (Å²) >= 11 is 0. The van der Waals surface area contributed by atoms with Gasteiger partial charge in [0.1, 0.15) is 18.3 Å². The number of non-ortho nitro benzene ring substituents is 1. The highest BCUT2D eigenvalue weighted by atomic mass is 16.8. The van der Waals surface area contributed by atoms with Crippen LogP contribution in [0.15, 0.2) is 30.3 Å². The Kier molecular flexibility index (Phi) is 18.6. The second-order valence-corrected chi connectivity index (χ2v) is 20.6. The first-order chi connectivity index (χ1) is 32.2. The number of nitrogens with one attached hydrogen (secondary N) is 2. The van der Waals surface area contributed by atoms with Gasteiger partial charge in [-0.3, -0.25) is 30.0 Å². The minimum atomic E-state index is -1.62. The Morgan fingerprint density at radius 2 is 1.61 bits per heavy atom. The minimum Gasteiger partial charge on any atom is -0.458 e. The standard InChI is InChI=1S/C48H75N5O16/c1-14-34-40-39(66-46(58)67-40)29(6)52(13)24-25(2)22-48(10,59)41(68-44-37(55)33(51(11)12)21-26(3)62-44)27(4)38(28(5)43(56)64-34)65-36-23-47(8,9)42(30(7)63-36)69-45(57)50-49-35(54)20-17-31-15-18-32(19-16-31)53(60)61/h15-20,25-30,33-34,36-42,44,55,59H,14,21-24H2,1-13H3,(H,49,54)(H,50,57)/b20-17+/t25-,26-,27+,28-,29-,30+,33+,34-,36+,37-,38+,39-,40+,41-,42+,44+,48+/m1/s1. The normalized spacial score (nSPS) is 38.1. The van der Waals surface area contributed by atoms with Crippen molar-refractivity contribution in [2.45, 2.75) is 180 Å². The molecule has 0 bridgehead atoms. The van der Waals surface area contributed by atoms with Crippen LogP contribution in [0, 0.1) is 33.3 Å². The van der Waals surface area contributed by atoms with Crippen LogP contribution in [0.5, 0.6) is 0 Å². The number of hydrazine groups is 1. The van der Waals surface area contributed by atoms with E-state index in [0.717, 1.165) is 6.08 Å². The summed E-state index contributed by atoms with van der Waals surface area (Å²) in [5, 5.41) is 35.4. The number of nitrogens with zero attached hydrogens (tertiary/aromatic N) is 3.